The Morgan fingerprint density at radius 3 is 2.50 bits per heavy atom. The SMILES string of the molecule is O=C(O)[C@H]1CCCC[C@H]1C(=O)Nc1ccc(Cl)c(Br)c1. The maximum absolute atomic E-state index is 12.3. The third kappa shape index (κ3) is 3.52. The van der Waals surface area contributed by atoms with Gasteiger partial charge in [-0.1, -0.05) is 24.4 Å². The summed E-state index contributed by atoms with van der Waals surface area (Å²) in [6, 6.07) is 5.08. The van der Waals surface area contributed by atoms with Crippen LogP contribution in [0, 0.1) is 11.8 Å². The van der Waals surface area contributed by atoms with Crippen molar-refractivity contribution in [2.75, 3.05) is 5.32 Å². The summed E-state index contributed by atoms with van der Waals surface area (Å²) in [5.41, 5.74) is 0.612. The van der Waals surface area contributed by atoms with Crippen LogP contribution in [0.2, 0.25) is 5.02 Å². The van der Waals surface area contributed by atoms with Crippen LogP contribution in [0.4, 0.5) is 5.69 Å². The van der Waals surface area contributed by atoms with E-state index in [4.69, 9.17) is 11.6 Å². The summed E-state index contributed by atoms with van der Waals surface area (Å²) in [6.45, 7) is 0. The molecule has 0 radical (unpaired) electrons. The van der Waals surface area contributed by atoms with Crippen molar-refractivity contribution in [2.45, 2.75) is 25.7 Å². The van der Waals surface area contributed by atoms with Crippen molar-refractivity contribution >= 4 is 45.1 Å². The zero-order valence-electron chi connectivity index (χ0n) is 10.7. The molecule has 0 saturated heterocycles. The van der Waals surface area contributed by atoms with Gasteiger partial charge in [0, 0.05) is 10.2 Å². The number of carboxylic acid groups (broad SMARTS) is 1. The molecule has 2 atom stereocenters. The summed E-state index contributed by atoms with van der Waals surface area (Å²) in [5.74, 6) is -2.16. The van der Waals surface area contributed by atoms with E-state index >= 15 is 0 Å². The number of amides is 1. The first-order valence-corrected chi connectivity index (χ1v) is 7.65. The summed E-state index contributed by atoms with van der Waals surface area (Å²) in [4.78, 5) is 23.5. The van der Waals surface area contributed by atoms with Crippen LogP contribution >= 0.6 is 27.5 Å². The van der Waals surface area contributed by atoms with Gasteiger partial charge in [0.2, 0.25) is 5.91 Å². The number of hydrogen-bond acceptors (Lipinski definition) is 2. The minimum absolute atomic E-state index is 0.230. The number of rotatable bonds is 3. The van der Waals surface area contributed by atoms with Crippen LogP contribution in [-0.4, -0.2) is 17.0 Å². The topological polar surface area (TPSA) is 66.4 Å². The van der Waals surface area contributed by atoms with Crippen LogP contribution < -0.4 is 5.32 Å². The summed E-state index contributed by atoms with van der Waals surface area (Å²) >= 11 is 9.18. The predicted octanol–water partition coefficient (Wildman–Crippen LogP) is 3.93. The second kappa shape index (κ2) is 6.59. The molecule has 1 amide bonds. The van der Waals surface area contributed by atoms with Gasteiger partial charge in [-0.2, -0.15) is 0 Å². The number of benzene rings is 1. The molecular weight excluding hydrogens is 346 g/mol. The first-order valence-electron chi connectivity index (χ1n) is 6.48. The van der Waals surface area contributed by atoms with Crippen LogP contribution in [0.3, 0.4) is 0 Å². The van der Waals surface area contributed by atoms with Gasteiger partial charge >= 0.3 is 5.97 Å². The Morgan fingerprint density at radius 2 is 1.90 bits per heavy atom. The highest BCUT2D eigenvalue weighted by molar-refractivity contribution is 9.10. The summed E-state index contributed by atoms with van der Waals surface area (Å²) in [6.07, 6.45) is 2.95. The van der Waals surface area contributed by atoms with E-state index in [1.807, 2.05) is 0 Å². The zero-order valence-corrected chi connectivity index (χ0v) is 13.1. The van der Waals surface area contributed by atoms with Gasteiger partial charge in [0.1, 0.15) is 0 Å². The Balaban J connectivity index is 2.09. The van der Waals surface area contributed by atoms with E-state index in [1.54, 1.807) is 18.2 Å². The van der Waals surface area contributed by atoms with E-state index in [0.29, 0.717) is 28.0 Å². The molecule has 20 heavy (non-hydrogen) atoms. The number of carbonyl (C=O) groups excluding carboxylic acids is 1. The maximum atomic E-state index is 12.3. The van der Waals surface area contributed by atoms with Crippen LogP contribution in [0.25, 0.3) is 0 Å². The lowest BCUT2D eigenvalue weighted by Crippen LogP contribution is -2.36. The van der Waals surface area contributed by atoms with Gasteiger partial charge in [-0.15, -0.1) is 0 Å². The molecule has 1 aliphatic rings. The van der Waals surface area contributed by atoms with E-state index in [2.05, 4.69) is 21.2 Å². The molecule has 0 heterocycles. The highest BCUT2D eigenvalue weighted by Crippen LogP contribution is 2.32. The molecule has 1 saturated carbocycles. The standard InChI is InChI=1S/C14H15BrClNO3/c15-11-7-8(5-6-12(11)16)17-13(18)9-3-1-2-4-10(9)14(19)20/h5-7,9-10H,1-4H2,(H,17,18)(H,19,20)/t9-,10+/m1/s1. The predicted molar refractivity (Wildman–Crippen MR) is 80.9 cm³/mol. The summed E-state index contributed by atoms with van der Waals surface area (Å²) in [5, 5.41) is 12.5. The van der Waals surface area contributed by atoms with E-state index in [0.717, 1.165) is 12.8 Å². The van der Waals surface area contributed by atoms with Crippen molar-refractivity contribution < 1.29 is 14.7 Å². The number of anilines is 1. The van der Waals surface area contributed by atoms with E-state index < -0.39 is 17.8 Å². The molecule has 0 unspecified atom stereocenters. The van der Waals surface area contributed by atoms with Crippen molar-refractivity contribution in [2.24, 2.45) is 11.8 Å². The van der Waals surface area contributed by atoms with Crippen molar-refractivity contribution in [3.8, 4) is 0 Å². The minimum Gasteiger partial charge on any atom is -0.481 e. The zero-order chi connectivity index (χ0) is 14.7. The Kier molecular flexibility index (Phi) is 5.05. The smallest absolute Gasteiger partial charge is 0.307 e. The Labute approximate surface area is 130 Å². The lowest BCUT2D eigenvalue weighted by atomic mass is 9.78. The van der Waals surface area contributed by atoms with Crippen molar-refractivity contribution in [3.63, 3.8) is 0 Å². The van der Waals surface area contributed by atoms with Gasteiger partial charge in [-0.3, -0.25) is 9.59 Å². The van der Waals surface area contributed by atoms with Crippen molar-refractivity contribution in [3.05, 3.63) is 27.7 Å². The average molecular weight is 361 g/mol. The van der Waals surface area contributed by atoms with Gasteiger partial charge in [0.25, 0.3) is 0 Å². The monoisotopic (exact) mass is 359 g/mol. The second-order valence-corrected chi connectivity index (χ2v) is 6.22. The average Bonchev–Trinajstić information content (AvgIpc) is 2.43. The van der Waals surface area contributed by atoms with Crippen LogP contribution in [0.1, 0.15) is 25.7 Å². The fourth-order valence-corrected chi connectivity index (χ4v) is 3.05. The van der Waals surface area contributed by atoms with Crippen molar-refractivity contribution in [1.29, 1.82) is 0 Å². The molecular formula is C14H15BrClNO3. The summed E-state index contributed by atoms with van der Waals surface area (Å²) in [7, 11) is 0. The van der Waals surface area contributed by atoms with Gasteiger partial charge < -0.3 is 10.4 Å². The third-order valence-corrected chi connectivity index (χ3v) is 4.82. The van der Waals surface area contributed by atoms with Crippen LogP contribution in [0.15, 0.2) is 22.7 Å². The van der Waals surface area contributed by atoms with Crippen LogP contribution in [-0.2, 0) is 9.59 Å². The molecule has 1 aromatic carbocycles. The Morgan fingerprint density at radius 1 is 1.25 bits per heavy atom. The Bertz CT molecular complexity index is 535. The molecule has 2 N–H and O–H groups in total. The third-order valence-electron chi connectivity index (χ3n) is 3.61. The van der Waals surface area contributed by atoms with E-state index in [9.17, 15) is 14.7 Å². The molecule has 0 spiro atoms. The molecule has 4 nitrogen and oxygen atoms in total. The molecule has 0 aliphatic heterocycles. The fourth-order valence-electron chi connectivity index (χ4n) is 2.55. The van der Waals surface area contributed by atoms with Gasteiger partial charge in [0.15, 0.2) is 0 Å². The quantitative estimate of drug-likeness (QED) is 0.858. The number of aliphatic carboxylic acids is 1. The molecule has 6 heteroatoms. The molecule has 1 aromatic rings. The Hall–Kier alpha value is -1.07. The van der Waals surface area contributed by atoms with Gasteiger partial charge in [-0.25, -0.2) is 0 Å². The number of nitrogens with one attached hydrogen (secondary N) is 1. The highest BCUT2D eigenvalue weighted by atomic mass is 79.9. The first-order chi connectivity index (χ1) is 9.49. The molecule has 2 rings (SSSR count). The number of halogens is 2. The van der Waals surface area contributed by atoms with Gasteiger partial charge in [0.05, 0.1) is 16.9 Å². The number of carbonyl (C=O) groups is 2. The van der Waals surface area contributed by atoms with Crippen molar-refractivity contribution in [1.82, 2.24) is 0 Å². The minimum atomic E-state index is -0.887. The maximum Gasteiger partial charge on any atom is 0.307 e. The lowest BCUT2D eigenvalue weighted by molar-refractivity contribution is -0.147. The normalized spacial score (nSPS) is 22.3. The molecule has 0 bridgehead atoms. The molecule has 1 fully saturated rings. The van der Waals surface area contributed by atoms with E-state index in [1.165, 1.54) is 0 Å². The lowest BCUT2D eigenvalue weighted by Gasteiger charge is -2.27. The number of carboxylic acids is 1. The second-order valence-electron chi connectivity index (χ2n) is 4.95. The van der Waals surface area contributed by atoms with Gasteiger partial charge in [-0.05, 0) is 47.0 Å². The van der Waals surface area contributed by atoms with E-state index in [-0.39, 0.29) is 5.91 Å². The molecule has 0 aromatic heterocycles. The van der Waals surface area contributed by atoms with Crippen LogP contribution in [0.5, 0.6) is 0 Å². The molecule has 1 aliphatic carbocycles. The molecule has 108 valence electrons. The number of hydrogen-bond donors (Lipinski definition) is 2. The first kappa shape index (κ1) is 15.3. The largest absolute Gasteiger partial charge is 0.481 e. The fraction of sp³-hybridized carbons (Fsp3) is 0.429. The highest BCUT2D eigenvalue weighted by Gasteiger charge is 2.35. The summed E-state index contributed by atoms with van der Waals surface area (Å²) < 4.78 is 0.690.